The fourth-order valence-electron chi connectivity index (χ4n) is 3.39. The smallest absolute Gasteiger partial charge is 0.164 e. The first-order valence-electron chi connectivity index (χ1n) is 8.95. The van der Waals surface area contributed by atoms with Gasteiger partial charge >= 0.3 is 0 Å². The lowest BCUT2D eigenvalue weighted by molar-refractivity contribution is -0.186. The number of thioether (sulfide) groups is 1. The van der Waals surface area contributed by atoms with E-state index in [0.717, 1.165) is 0 Å². The fraction of sp³-hybridized carbons (Fsp3) is 0.700. The summed E-state index contributed by atoms with van der Waals surface area (Å²) in [6.07, 6.45) is -1.39. The Hall–Kier alpha value is -0.590. The molecule has 4 nitrogen and oxygen atoms in total. The van der Waals surface area contributed by atoms with Gasteiger partial charge in [-0.05, 0) is 50.3 Å². The molecule has 2 fully saturated rings. The van der Waals surface area contributed by atoms with Crippen molar-refractivity contribution in [2.24, 2.45) is 0 Å². The Bertz CT molecular complexity index is 635. The lowest BCUT2D eigenvalue weighted by Gasteiger charge is -2.26. The van der Waals surface area contributed by atoms with Crippen LogP contribution in [-0.4, -0.2) is 40.7 Å². The Labute approximate surface area is 155 Å². The third-order valence-electron chi connectivity index (χ3n) is 4.82. The van der Waals surface area contributed by atoms with Gasteiger partial charge in [-0.1, -0.05) is 44.7 Å². The predicted octanol–water partition coefficient (Wildman–Crippen LogP) is 4.01. The van der Waals surface area contributed by atoms with Gasteiger partial charge in [0.2, 0.25) is 0 Å². The fourth-order valence-corrected chi connectivity index (χ4v) is 4.62. The van der Waals surface area contributed by atoms with Crippen LogP contribution in [0.5, 0.6) is 0 Å². The Morgan fingerprint density at radius 2 is 1.80 bits per heavy atom. The Balaban J connectivity index is 1.85. The molecule has 25 heavy (non-hydrogen) atoms. The van der Waals surface area contributed by atoms with Gasteiger partial charge in [0.1, 0.15) is 23.7 Å². The summed E-state index contributed by atoms with van der Waals surface area (Å²) in [7, 11) is 0. The molecule has 2 aliphatic rings. The van der Waals surface area contributed by atoms with Crippen LogP contribution in [0.15, 0.2) is 23.1 Å². The lowest BCUT2D eigenvalue weighted by Crippen LogP contribution is -2.36. The van der Waals surface area contributed by atoms with E-state index in [1.807, 2.05) is 13.8 Å². The SMILES string of the molecule is Cc1ccc(C(C)(C)C)cc1S[C@@H]1O[C@H]([C@H](C)O)[C@H]2OC(C)(C)O[C@H]21. The van der Waals surface area contributed by atoms with Gasteiger partial charge in [0.05, 0.1) is 6.10 Å². The molecule has 0 aromatic heterocycles. The molecule has 5 heteroatoms. The van der Waals surface area contributed by atoms with Crippen LogP contribution in [0.2, 0.25) is 0 Å². The number of benzene rings is 1. The lowest BCUT2D eigenvalue weighted by atomic mass is 9.87. The zero-order valence-electron chi connectivity index (χ0n) is 16.2. The molecule has 1 N–H and O–H groups in total. The van der Waals surface area contributed by atoms with Crippen LogP contribution in [0, 0.1) is 6.92 Å². The molecule has 2 aliphatic heterocycles. The monoisotopic (exact) mass is 366 g/mol. The number of fused-ring (bicyclic) bond motifs is 1. The van der Waals surface area contributed by atoms with Crippen molar-refractivity contribution >= 4 is 11.8 Å². The van der Waals surface area contributed by atoms with Crippen LogP contribution < -0.4 is 0 Å². The van der Waals surface area contributed by atoms with Crippen LogP contribution in [-0.2, 0) is 19.6 Å². The van der Waals surface area contributed by atoms with Gasteiger partial charge in [0, 0.05) is 4.90 Å². The van der Waals surface area contributed by atoms with Crippen LogP contribution in [0.1, 0.15) is 52.7 Å². The van der Waals surface area contributed by atoms with E-state index >= 15 is 0 Å². The summed E-state index contributed by atoms with van der Waals surface area (Å²) < 4.78 is 18.2. The highest BCUT2D eigenvalue weighted by molar-refractivity contribution is 7.99. The molecule has 140 valence electrons. The second-order valence-electron chi connectivity index (χ2n) is 8.62. The third-order valence-corrected chi connectivity index (χ3v) is 6.13. The minimum atomic E-state index is -0.645. The number of aliphatic hydroxyl groups excluding tert-OH is 1. The van der Waals surface area contributed by atoms with E-state index in [2.05, 4.69) is 45.9 Å². The van der Waals surface area contributed by atoms with Gasteiger partial charge in [-0.15, -0.1) is 0 Å². The zero-order chi connectivity index (χ0) is 18.6. The Morgan fingerprint density at radius 3 is 2.40 bits per heavy atom. The molecule has 0 saturated carbocycles. The van der Waals surface area contributed by atoms with E-state index in [0.29, 0.717) is 0 Å². The standard InChI is InChI=1S/C20H30O4S/c1-11-8-9-13(19(3,4)5)10-14(11)25-18-17-16(15(22-18)12(2)21)23-20(6,7)24-17/h8-10,12,15-18,21H,1-7H3/t12-,15+,16+,17+,18-/m0/s1. The largest absolute Gasteiger partial charge is 0.391 e. The second-order valence-corrected chi connectivity index (χ2v) is 9.76. The molecule has 2 saturated heterocycles. The van der Waals surface area contributed by atoms with Crippen LogP contribution in [0.4, 0.5) is 0 Å². The van der Waals surface area contributed by atoms with Crippen molar-refractivity contribution in [3.05, 3.63) is 29.3 Å². The van der Waals surface area contributed by atoms with Crippen LogP contribution in [0.3, 0.4) is 0 Å². The van der Waals surface area contributed by atoms with Gasteiger partial charge < -0.3 is 19.3 Å². The Kier molecular flexibility index (Phi) is 5.01. The summed E-state index contributed by atoms with van der Waals surface area (Å²) in [6.45, 7) is 14.3. The molecule has 2 heterocycles. The van der Waals surface area contributed by atoms with Gasteiger partial charge in [0.25, 0.3) is 0 Å². The average molecular weight is 367 g/mol. The summed E-state index contributed by atoms with van der Waals surface area (Å²) in [5, 5.41) is 10.1. The van der Waals surface area contributed by atoms with E-state index in [1.54, 1.807) is 18.7 Å². The van der Waals surface area contributed by atoms with Crippen molar-refractivity contribution in [3.63, 3.8) is 0 Å². The molecule has 1 aromatic carbocycles. The second kappa shape index (κ2) is 6.54. The summed E-state index contributed by atoms with van der Waals surface area (Å²) in [6, 6.07) is 6.60. The maximum absolute atomic E-state index is 10.1. The highest BCUT2D eigenvalue weighted by Gasteiger charge is 2.56. The van der Waals surface area contributed by atoms with Crippen molar-refractivity contribution in [1.82, 2.24) is 0 Å². The maximum Gasteiger partial charge on any atom is 0.164 e. The van der Waals surface area contributed by atoms with Crippen molar-refractivity contribution in [1.29, 1.82) is 0 Å². The molecule has 1 aromatic rings. The number of hydrogen-bond donors (Lipinski definition) is 1. The molecule has 0 aliphatic carbocycles. The number of aliphatic hydroxyl groups is 1. The molecule has 0 radical (unpaired) electrons. The topological polar surface area (TPSA) is 47.9 Å². The van der Waals surface area contributed by atoms with E-state index in [4.69, 9.17) is 14.2 Å². The first-order valence-corrected chi connectivity index (χ1v) is 9.83. The number of hydrogen-bond acceptors (Lipinski definition) is 5. The number of ether oxygens (including phenoxy) is 3. The van der Waals surface area contributed by atoms with Crippen LogP contribution >= 0.6 is 11.8 Å². The van der Waals surface area contributed by atoms with Gasteiger partial charge in [-0.2, -0.15) is 0 Å². The normalized spacial score (nSPS) is 32.6. The first-order chi connectivity index (χ1) is 11.5. The van der Waals surface area contributed by atoms with Crippen molar-refractivity contribution < 1.29 is 19.3 Å². The predicted molar refractivity (Wildman–Crippen MR) is 99.9 cm³/mol. The molecular weight excluding hydrogens is 336 g/mol. The Morgan fingerprint density at radius 1 is 1.16 bits per heavy atom. The van der Waals surface area contributed by atoms with E-state index in [9.17, 15) is 5.11 Å². The van der Waals surface area contributed by atoms with Crippen molar-refractivity contribution in [2.75, 3.05) is 0 Å². The average Bonchev–Trinajstić information content (AvgIpc) is 2.94. The highest BCUT2D eigenvalue weighted by Crippen LogP contribution is 2.45. The first kappa shape index (κ1) is 19.2. The van der Waals surface area contributed by atoms with Gasteiger partial charge in [-0.25, -0.2) is 0 Å². The zero-order valence-corrected chi connectivity index (χ0v) is 17.0. The van der Waals surface area contributed by atoms with Gasteiger partial charge in [0.15, 0.2) is 5.79 Å². The van der Waals surface area contributed by atoms with E-state index < -0.39 is 11.9 Å². The molecular formula is C20H30O4S. The quantitative estimate of drug-likeness (QED) is 0.876. The summed E-state index contributed by atoms with van der Waals surface area (Å²) in [5.74, 6) is -0.645. The minimum absolute atomic E-state index is 0.0964. The van der Waals surface area contributed by atoms with Gasteiger partial charge in [-0.3, -0.25) is 0 Å². The van der Waals surface area contributed by atoms with E-state index in [1.165, 1.54) is 16.0 Å². The minimum Gasteiger partial charge on any atom is -0.391 e. The van der Waals surface area contributed by atoms with Crippen molar-refractivity contribution in [2.45, 2.75) is 94.4 Å². The third kappa shape index (κ3) is 3.91. The van der Waals surface area contributed by atoms with E-state index in [-0.39, 0.29) is 29.2 Å². The highest BCUT2D eigenvalue weighted by atomic mass is 32.2. The van der Waals surface area contributed by atoms with Crippen LogP contribution in [0.25, 0.3) is 0 Å². The molecule has 5 atom stereocenters. The summed E-state index contributed by atoms with van der Waals surface area (Å²) in [5.41, 5.74) is 2.42. The van der Waals surface area contributed by atoms with Crippen molar-refractivity contribution in [3.8, 4) is 0 Å². The molecule has 0 amide bonds. The maximum atomic E-state index is 10.1. The number of aryl methyl sites for hydroxylation is 1. The summed E-state index contributed by atoms with van der Waals surface area (Å²) >= 11 is 1.67. The molecule has 0 spiro atoms. The molecule has 3 rings (SSSR count). The molecule has 0 unspecified atom stereocenters. The number of rotatable bonds is 3. The molecule has 0 bridgehead atoms. The summed E-state index contributed by atoms with van der Waals surface area (Å²) in [4.78, 5) is 1.19.